The average molecular weight is 254 g/mol. The average Bonchev–Trinajstić information content (AvgIpc) is 2.63. The number of thiocarbonyl (C=S) groups is 2. The van der Waals surface area contributed by atoms with Crippen LogP contribution < -0.4 is 11.5 Å². The Labute approximate surface area is 101 Å². The number of aromatic nitrogens is 2. The van der Waals surface area contributed by atoms with Crippen LogP contribution in [0.25, 0.3) is 11.0 Å². The van der Waals surface area contributed by atoms with Crippen molar-refractivity contribution < 1.29 is 0 Å². The largest absolute Gasteiger partial charge is 0.389 e. The van der Waals surface area contributed by atoms with Crippen LogP contribution in [0, 0.1) is 0 Å². The monoisotopic (exact) mass is 254 g/mol. The maximum atomic E-state index is 5.57. The zero-order valence-corrected chi connectivity index (χ0v) is 9.88. The maximum Gasteiger partial charge on any atom is 0.115 e. The summed E-state index contributed by atoms with van der Waals surface area (Å²) in [4.78, 5) is 0.587. The highest BCUT2D eigenvalue weighted by molar-refractivity contribution is 7.81. The van der Waals surface area contributed by atoms with Gasteiger partial charge < -0.3 is 11.5 Å². The lowest BCUT2D eigenvalue weighted by Crippen LogP contribution is -2.13. The molecule has 1 heterocycles. The Balaban J connectivity index is 2.82. The van der Waals surface area contributed by atoms with E-state index in [1.54, 1.807) is 12.1 Å². The fourth-order valence-electron chi connectivity index (χ4n) is 1.26. The van der Waals surface area contributed by atoms with E-state index in [9.17, 15) is 0 Å². The molecule has 4 nitrogen and oxygen atoms in total. The smallest absolute Gasteiger partial charge is 0.115 e. The Morgan fingerprint density at radius 2 is 1.40 bits per heavy atom. The van der Waals surface area contributed by atoms with Crippen LogP contribution in [0.15, 0.2) is 12.1 Å². The molecular formula is C8H6N4S3. The maximum absolute atomic E-state index is 5.57. The lowest BCUT2D eigenvalue weighted by atomic mass is 10.1. The Kier molecular flexibility index (Phi) is 2.59. The number of hydrogen-bond donors (Lipinski definition) is 2. The molecule has 15 heavy (non-hydrogen) atoms. The van der Waals surface area contributed by atoms with Gasteiger partial charge in [0.25, 0.3) is 0 Å². The number of fused-ring (bicyclic) bond motifs is 1. The van der Waals surface area contributed by atoms with Crippen molar-refractivity contribution >= 4 is 57.2 Å². The fourth-order valence-corrected chi connectivity index (χ4v) is 2.17. The van der Waals surface area contributed by atoms with Gasteiger partial charge in [0.05, 0.1) is 11.7 Å². The van der Waals surface area contributed by atoms with E-state index in [1.807, 2.05) is 0 Å². The molecule has 0 fully saturated rings. The van der Waals surface area contributed by atoms with E-state index in [0.717, 1.165) is 11.7 Å². The second kappa shape index (κ2) is 3.76. The zero-order chi connectivity index (χ0) is 11.0. The van der Waals surface area contributed by atoms with Crippen molar-refractivity contribution in [3.63, 3.8) is 0 Å². The Hall–Kier alpha value is -1.18. The Morgan fingerprint density at radius 3 is 1.73 bits per heavy atom. The molecule has 7 heteroatoms. The molecule has 0 aliphatic heterocycles. The molecule has 0 aliphatic carbocycles. The van der Waals surface area contributed by atoms with Crippen LogP contribution in [0.5, 0.6) is 0 Å². The molecule has 0 saturated carbocycles. The van der Waals surface area contributed by atoms with E-state index < -0.39 is 0 Å². The van der Waals surface area contributed by atoms with Crippen LogP contribution >= 0.6 is 36.2 Å². The molecule has 2 rings (SSSR count). The van der Waals surface area contributed by atoms with E-state index in [1.165, 1.54) is 0 Å². The van der Waals surface area contributed by atoms with Crippen molar-refractivity contribution in [2.45, 2.75) is 0 Å². The SMILES string of the molecule is NC(=S)c1ccc(C(N)=S)c2nsnc12. The summed E-state index contributed by atoms with van der Waals surface area (Å²) in [7, 11) is 0. The van der Waals surface area contributed by atoms with Crippen LogP contribution in [-0.2, 0) is 0 Å². The van der Waals surface area contributed by atoms with Crippen molar-refractivity contribution in [2.75, 3.05) is 0 Å². The number of hydrogen-bond acceptors (Lipinski definition) is 5. The number of rotatable bonds is 2. The van der Waals surface area contributed by atoms with Crippen LogP contribution in [0.3, 0.4) is 0 Å². The van der Waals surface area contributed by atoms with Crippen molar-refractivity contribution in [3.8, 4) is 0 Å². The fraction of sp³-hybridized carbons (Fsp3) is 0. The first-order chi connectivity index (χ1) is 7.11. The van der Waals surface area contributed by atoms with Gasteiger partial charge in [-0.1, -0.05) is 24.4 Å². The first-order valence-electron chi connectivity index (χ1n) is 3.96. The van der Waals surface area contributed by atoms with Crippen molar-refractivity contribution in [1.82, 2.24) is 8.75 Å². The highest BCUT2D eigenvalue weighted by Crippen LogP contribution is 2.20. The molecular weight excluding hydrogens is 248 g/mol. The number of nitrogens with zero attached hydrogens (tertiary/aromatic N) is 2. The summed E-state index contributed by atoms with van der Waals surface area (Å²) in [5, 5.41) is 0. The summed E-state index contributed by atoms with van der Waals surface area (Å²) in [5.74, 6) is 0. The predicted molar refractivity (Wildman–Crippen MR) is 69.2 cm³/mol. The van der Waals surface area contributed by atoms with E-state index in [0.29, 0.717) is 32.1 Å². The van der Waals surface area contributed by atoms with Gasteiger partial charge in [-0.2, -0.15) is 8.75 Å². The minimum absolute atomic E-state index is 0.294. The van der Waals surface area contributed by atoms with Gasteiger partial charge >= 0.3 is 0 Å². The van der Waals surface area contributed by atoms with E-state index in [4.69, 9.17) is 35.9 Å². The number of nitrogens with two attached hydrogens (primary N) is 2. The van der Waals surface area contributed by atoms with Gasteiger partial charge in [0.1, 0.15) is 21.0 Å². The quantitative estimate of drug-likeness (QED) is 0.777. The summed E-state index contributed by atoms with van der Waals surface area (Å²) in [6.07, 6.45) is 0. The second-order valence-corrected chi connectivity index (χ2v) is 4.26. The van der Waals surface area contributed by atoms with Gasteiger partial charge in [-0.3, -0.25) is 0 Å². The molecule has 0 amide bonds. The van der Waals surface area contributed by atoms with Gasteiger partial charge in [0, 0.05) is 11.1 Å². The van der Waals surface area contributed by atoms with Gasteiger partial charge in [-0.15, -0.1) is 0 Å². The summed E-state index contributed by atoms with van der Waals surface area (Å²) < 4.78 is 8.26. The molecule has 0 saturated heterocycles. The molecule has 0 radical (unpaired) electrons. The summed E-state index contributed by atoms with van der Waals surface area (Å²) in [5.41, 5.74) is 13.9. The van der Waals surface area contributed by atoms with Crippen molar-refractivity contribution in [2.24, 2.45) is 11.5 Å². The first kappa shape index (κ1) is 10.3. The van der Waals surface area contributed by atoms with Crippen molar-refractivity contribution in [1.29, 1.82) is 0 Å². The molecule has 1 aromatic heterocycles. The molecule has 76 valence electrons. The summed E-state index contributed by atoms with van der Waals surface area (Å²) >= 11 is 10.9. The van der Waals surface area contributed by atoms with Crippen LogP contribution in [0.4, 0.5) is 0 Å². The van der Waals surface area contributed by atoms with Gasteiger partial charge in [0.15, 0.2) is 0 Å². The van der Waals surface area contributed by atoms with Crippen LogP contribution in [0.2, 0.25) is 0 Å². The highest BCUT2D eigenvalue weighted by atomic mass is 32.1. The molecule has 0 unspecified atom stereocenters. The lowest BCUT2D eigenvalue weighted by Gasteiger charge is -2.02. The number of benzene rings is 1. The zero-order valence-electron chi connectivity index (χ0n) is 7.43. The minimum Gasteiger partial charge on any atom is -0.389 e. The van der Waals surface area contributed by atoms with E-state index >= 15 is 0 Å². The topological polar surface area (TPSA) is 77.8 Å². The summed E-state index contributed by atoms with van der Waals surface area (Å²) in [6, 6.07) is 3.53. The molecule has 4 N–H and O–H groups in total. The molecule has 2 aromatic rings. The van der Waals surface area contributed by atoms with E-state index in [2.05, 4.69) is 8.75 Å². The minimum atomic E-state index is 0.294. The first-order valence-corrected chi connectivity index (χ1v) is 5.51. The standard InChI is InChI=1S/C8H6N4S3/c9-7(13)3-1-2-4(8(10)14)6-5(3)11-15-12-6/h1-2H,(H2,9,13)(H2,10,14). The molecule has 0 bridgehead atoms. The predicted octanol–water partition coefficient (Wildman–Crippen LogP) is 0.960. The van der Waals surface area contributed by atoms with E-state index in [-0.39, 0.29) is 0 Å². The second-order valence-electron chi connectivity index (χ2n) is 2.85. The van der Waals surface area contributed by atoms with Crippen LogP contribution in [0.1, 0.15) is 11.1 Å². The molecule has 0 spiro atoms. The van der Waals surface area contributed by atoms with Crippen LogP contribution in [-0.4, -0.2) is 18.7 Å². The third kappa shape index (κ3) is 1.69. The Morgan fingerprint density at radius 1 is 1.00 bits per heavy atom. The van der Waals surface area contributed by atoms with Gasteiger partial charge in [-0.25, -0.2) is 0 Å². The molecule has 1 aromatic carbocycles. The normalized spacial score (nSPS) is 10.4. The van der Waals surface area contributed by atoms with Gasteiger partial charge in [0.2, 0.25) is 0 Å². The third-order valence-electron chi connectivity index (χ3n) is 1.95. The molecule has 0 atom stereocenters. The third-order valence-corrected chi connectivity index (χ3v) is 2.91. The lowest BCUT2D eigenvalue weighted by molar-refractivity contribution is 1.57. The van der Waals surface area contributed by atoms with Crippen molar-refractivity contribution in [3.05, 3.63) is 23.3 Å². The van der Waals surface area contributed by atoms with Gasteiger partial charge in [-0.05, 0) is 12.1 Å². The highest BCUT2D eigenvalue weighted by Gasteiger charge is 2.12. The Bertz CT molecular complexity index is 512. The summed E-state index contributed by atoms with van der Waals surface area (Å²) in [6.45, 7) is 0. The molecule has 0 aliphatic rings.